The Morgan fingerprint density at radius 1 is 1.10 bits per heavy atom. The van der Waals surface area contributed by atoms with Crippen molar-refractivity contribution in [2.75, 3.05) is 26.9 Å². The van der Waals surface area contributed by atoms with E-state index in [-0.39, 0.29) is 13.0 Å². The Balaban J connectivity index is 1.94. The second kappa shape index (κ2) is 9.71. The van der Waals surface area contributed by atoms with Crippen LogP contribution in [0.5, 0.6) is 0 Å². The smallest absolute Gasteiger partial charge is 0.399 e. The average molecular weight is 406 g/mol. The van der Waals surface area contributed by atoms with Gasteiger partial charge in [-0.05, 0) is 38.7 Å². The summed E-state index contributed by atoms with van der Waals surface area (Å²) < 4.78 is 22.1. The molecular weight excluding hydrogens is 375 g/mol. The topological polar surface area (TPSA) is 109 Å². The second-order valence-electron chi connectivity index (χ2n) is 8.10. The number of amides is 2. The molecule has 1 atom stereocenters. The highest BCUT2D eigenvalue weighted by atomic mass is 16.7. The SMILES string of the molecule is COCCOCC(=O)N[C@@H](Cc1ccc(B2OC(C)(C)C(C)(C)O2)cc1)C(N)=O. The van der Waals surface area contributed by atoms with Crippen molar-refractivity contribution in [2.45, 2.75) is 51.4 Å². The maximum absolute atomic E-state index is 11.9. The van der Waals surface area contributed by atoms with Gasteiger partial charge < -0.3 is 29.8 Å². The molecule has 0 spiro atoms. The fourth-order valence-corrected chi connectivity index (χ4v) is 2.79. The average Bonchev–Trinajstić information content (AvgIpc) is 2.86. The van der Waals surface area contributed by atoms with Crippen LogP contribution in [0, 0.1) is 0 Å². The minimum absolute atomic E-state index is 0.159. The summed E-state index contributed by atoms with van der Waals surface area (Å²) in [4.78, 5) is 23.7. The number of primary amides is 1. The third-order valence-electron chi connectivity index (χ3n) is 5.29. The molecule has 1 saturated heterocycles. The first kappa shape index (κ1) is 23.3. The minimum atomic E-state index is -0.823. The van der Waals surface area contributed by atoms with Gasteiger partial charge >= 0.3 is 7.12 Å². The van der Waals surface area contributed by atoms with Crippen LogP contribution in [0.25, 0.3) is 0 Å². The van der Waals surface area contributed by atoms with Crippen molar-refractivity contribution in [3.8, 4) is 0 Å². The van der Waals surface area contributed by atoms with Crippen LogP contribution in [0.4, 0.5) is 0 Å². The Hall–Kier alpha value is -1.94. The van der Waals surface area contributed by atoms with E-state index in [1.807, 2.05) is 52.0 Å². The van der Waals surface area contributed by atoms with Gasteiger partial charge in [0.15, 0.2) is 0 Å². The fourth-order valence-electron chi connectivity index (χ4n) is 2.79. The summed E-state index contributed by atoms with van der Waals surface area (Å²) in [5, 5.41) is 2.60. The predicted molar refractivity (Wildman–Crippen MR) is 110 cm³/mol. The Morgan fingerprint density at radius 3 is 2.21 bits per heavy atom. The minimum Gasteiger partial charge on any atom is -0.399 e. The van der Waals surface area contributed by atoms with Crippen LogP contribution >= 0.6 is 0 Å². The third kappa shape index (κ3) is 6.27. The number of carbonyl (C=O) groups is 2. The maximum Gasteiger partial charge on any atom is 0.494 e. The molecule has 3 N–H and O–H groups in total. The van der Waals surface area contributed by atoms with Crippen LogP contribution < -0.4 is 16.5 Å². The van der Waals surface area contributed by atoms with Crippen molar-refractivity contribution in [3.63, 3.8) is 0 Å². The van der Waals surface area contributed by atoms with Gasteiger partial charge in [0, 0.05) is 13.5 Å². The van der Waals surface area contributed by atoms with E-state index >= 15 is 0 Å². The van der Waals surface area contributed by atoms with Gasteiger partial charge in [0.1, 0.15) is 12.6 Å². The molecule has 0 aromatic heterocycles. The summed E-state index contributed by atoms with van der Waals surface area (Å²) in [6, 6.07) is 6.71. The molecule has 0 bridgehead atoms. The molecule has 8 nitrogen and oxygen atoms in total. The summed E-state index contributed by atoms with van der Waals surface area (Å²) in [5.41, 5.74) is 6.36. The molecule has 29 heavy (non-hydrogen) atoms. The van der Waals surface area contributed by atoms with Gasteiger partial charge in [-0.25, -0.2) is 0 Å². The van der Waals surface area contributed by atoms with Gasteiger partial charge in [-0.15, -0.1) is 0 Å². The molecule has 1 aromatic carbocycles. The molecule has 1 heterocycles. The number of ether oxygens (including phenoxy) is 2. The molecule has 0 aliphatic carbocycles. The first-order chi connectivity index (χ1) is 13.6. The van der Waals surface area contributed by atoms with E-state index in [0.717, 1.165) is 11.0 Å². The highest BCUT2D eigenvalue weighted by Crippen LogP contribution is 2.36. The van der Waals surface area contributed by atoms with Crippen LogP contribution in [-0.4, -0.2) is 63.1 Å². The summed E-state index contributed by atoms with van der Waals surface area (Å²) in [5.74, 6) is -1.01. The van der Waals surface area contributed by atoms with Gasteiger partial charge in [-0.1, -0.05) is 24.3 Å². The van der Waals surface area contributed by atoms with Crippen molar-refractivity contribution in [2.24, 2.45) is 5.73 Å². The zero-order valence-corrected chi connectivity index (χ0v) is 17.8. The summed E-state index contributed by atoms with van der Waals surface area (Å²) in [7, 11) is 1.09. The summed E-state index contributed by atoms with van der Waals surface area (Å²) in [6.45, 7) is 8.53. The quantitative estimate of drug-likeness (QED) is 0.423. The molecule has 1 aliphatic rings. The fraction of sp³-hybridized carbons (Fsp3) is 0.600. The van der Waals surface area contributed by atoms with Crippen molar-refractivity contribution >= 4 is 24.4 Å². The first-order valence-corrected chi connectivity index (χ1v) is 9.65. The summed E-state index contributed by atoms with van der Waals surface area (Å²) >= 11 is 0. The molecule has 2 rings (SSSR count). The van der Waals surface area contributed by atoms with E-state index in [4.69, 9.17) is 24.5 Å². The lowest BCUT2D eigenvalue weighted by Gasteiger charge is -2.32. The molecule has 9 heteroatoms. The molecule has 160 valence electrons. The van der Waals surface area contributed by atoms with Gasteiger partial charge in [0.05, 0.1) is 24.4 Å². The number of hydrogen-bond donors (Lipinski definition) is 2. The van der Waals surface area contributed by atoms with Crippen molar-refractivity contribution in [1.82, 2.24) is 5.32 Å². The van der Waals surface area contributed by atoms with Crippen molar-refractivity contribution in [3.05, 3.63) is 29.8 Å². The van der Waals surface area contributed by atoms with E-state index in [1.165, 1.54) is 0 Å². The monoisotopic (exact) mass is 406 g/mol. The molecule has 2 amide bonds. The van der Waals surface area contributed by atoms with E-state index in [2.05, 4.69) is 5.32 Å². The highest BCUT2D eigenvalue weighted by molar-refractivity contribution is 6.62. The van der Waals surface area contributed by atoms with Crippen LogP contribution in [-0.2, 0) is 34.8 Å². The number of carbonyl (C=O) groups excluding carboxylic acids is 2. The number of methoxy groups -OCH3 is 1. The first-order valence-electron chi connectivity index (χ1n) is 9.65. The predicted octanol–water partition coefficient (Wildman–Crippen LogP) is 0.161. The Bertz CT molecular complexity index is 691. The summed E-state index contributed by atoms with van der Waals surface area (Å²) in [6.07, 6.45) is 0.281. The Kier molecular flexibility index (Phi) is 7.82. The number of rotatable bonds is 10. The molecule has 1 fully saturated rings. The van der Waals surface area contributed by atoms with E-state index in [1.54, 1.807) is 7.11 Å². The van der Waals surface area contributed by atoms with E-state index < -0.39 is 36.2 Å². The maximum atomic E-state index is 11.9. The number of nitrogens with one attached hydrogen (secondary N) is 1. The van der Waals surface area contributed by atoms with Gasteiger partial charge in [-0.2, -0.15) is 0 Å². The molecule has 1 aromatic rings. The molecule has 1 aliphatic heterocycles. The third-order valence-corrected chi connectivity index (χ3v) is 5.29. The molecule has 0 saturated carbocycles. The lowest BCUT2D eigenvalue weighted by Crippen LogP contribution is -2.47. The lowest BCUT2D eigenvalue weighted by atomic mass is 9.78. The largest absolute Gasteiger partial charge is 0.494 e. The lowest BCUT2D eigenvalue weighted by molar-refractivity contribution is -0.130. The number of hydrogen-bond acceptors (Lipinski definition) is 6. The van der Waals surface area contributed by atoms with Crippen LogP contribution in [0.3, 0.4) is 0 Å². The zero-order valence-electron chi connectivity index (χ0n) is 17.8. The van der Waals surface area contributed by atoms with E-state index in [9.17, 15) is 9.59 Å². The zero-order chi connectivity index (χ0) is 21.7. The van der Waals surface area contributed by atoms with E-state index in [0.29, 0.717) is 13.2 Å². The van der Waals surface area contributed by atoms with Gasteiger partial charge in [0.2, 0.25) is 11.8 Å². The second-order valence-corrected chi connectivity index (χ2v) is 8.10. The molecular formula is C20H31BN2O6. The van der Waals surface area contributed by atoms with Crippen molar-refractivity contribution in [1.29, 1.82) is 0 Å². The number of benzene rings is 1. The number of nitrogens with two attached hydrogens (primary N) is 1. The van der Waals surface area contributed by atoms with Gasteiger partial charge in [0.25, 0.3) is 0 Å². The highest BCUT2D eigenvalue weighted by Gasteiger charge is 2.51. The van der Waals surface area contributed by atoms with Gasteiger partial charge in [-0.3, -0.25) is 9.59 Å². The van der Waals surface area contributed by atoms with Crippen molar-refractivity contribution < 1.29 is 28.4 Å². The molecule has 0 unspecified atom stereocenters. The van der Waals surface area contributed by atoms with Crippen LogP contribution in [0.15, 0.2) is 24.3 Å². The normalized spacial score (nSPS) is 18.4. The Labute approximate surface area is 172 Å². The van der Waals surface area contributed by atoms with Crippen LogP contribution in [0.2, 0.25) is 0 Å². The molecule has 0 radical (unpaired) electrons. The Morgan fingerprint density at radius 2 is 1.69 bits per heavy atom. The van der Waals surface area contributed by atoms with Crippen LogP contribution in [0.1, 0.15) is 33.3 Å². The standard InChI is InChI=1S/C20H31BN2O6/c1-19(2)20(3,4)29-21(28-19)15-8-6-14(7-9-15)12-16(18(22)25)23-17(24)13-27-11-10-26-5/h6-9,16H,10-13H2,1-5H3,(H2,22,25)(H,23,24)/t16-/m0/s1.